The van der Waals surface area contributed by atoms with E-state index >= 15 is 0 Å². The monoisotopic (exact) mass is 224 g/mol. The molecule has 0 atom stereocenters. The predicted molar refractivity (Wildman–Crippen MR) is 64.7 cm³/mol. The van der Waals surface area contributed by atoms with Crippen molar-refractivity contribution >= 4 is 17.4 Å². The fraction of sp³-hybridized carbons (Fsp3) is 0.583. The average Bonchev–Trinajstić information content (AvgIpc) is 2.69. The number of hydrogen-bond acceptors (Lipinski definition) is 2. The summed E-state index contributed by atoms with van der Waals surface area (Å²) in [6.45, 7) is 6.41. The zero-order valence-electron chi connectivity index (χ0n) is 9.39. The SMILES string of the molecule is Cc1cc(C)c(CCl)c(N2CCCC2)n1. The number of anilines is 1. The Morgan fingerprint density at radius 3 is 2.60 bits per heavy atom. The first-order valence-corrected chi connectivity index (χ1v) is 6.04. The van der Waals surface area contributed by atoms with Crippen molar-refractivity contribution in [2.75, 3.05) is 18.0 Å². The summed E-state index contributed by atoms with van der Waals surface area (Å²) >= 11 is 6.00. The third-order valence-corrected chi connectivity index (χ3v) is 3.26. The normalized spacial score (nSPS) is 16.1. The number of aromatic nitrogens is 1. The summed E-state index contributed by atoms with van der Waals surface area (Å²) in [6.07, 6.45) is 2.55. The molecule has 0 radical (unpaired) electrons. The number of pyridine rings is 1. The zero-order valence-corrected chi connectivity index (χ0v) is 10.1. The van der Waals surface area contributed by atoms with E-state index in [-0.39, 0.29) is 0 Å². The van der Waals surface area contributed by atoms with E-state index in [1.807, 2.05) is 6.92 Å². The maximum Gasteiger partial charge on any atom is 0.133 e. The Morgan fingerprint density at radius 2 is 2.00 bits per heavy atom. The lowest BCUT2D eigenvalue weighted by Gasteiger charge is -2.21. The number of alkyl halides is 1. The van der Waals surface area contributed by atoms with Gasteiger partial charge in [-0.1, -0.05) is 0 Å². The molecule has 0 aromatic carbocycles. The third-order valence-electron chi connectivity index (χ3n) is 2.99. The first-order chi connectivity index (χ1) is 7.22. The van der Waals surface area contributed by atoms with E-state index < -0.39 is 0 Å². The fourth-order valence-electron chi connectivity index (χ4n) is 2.20. The molecule has 1 aromatic heterocycles. The van der Waals surface area contributed by atoms with Gasteiger partial charge in [0.25, 0.3) is 0 Å². The van der Waals surface area contributed by atoms with E-state index in [1.54, 1.807) is 0 Å². The Morgan fingerprint density at radius 1 is 1.33 bits per heavy atom. The van der Waals surface area contributed by atoms with Crippen molar-refractivity contribution in [3.63, 3.8) is 0 Å². The number of hydrogen-bond donors (Lipinski definition) is 0. The standard InChI is InChI=1S/C12H17ClN2/c1-9-7-10(2)14-12(11(9)8-13)15-5-3-4-6-15/h7H,3-6,8H2,1-2H3. The fourth-order valence-corrected chi connectivity index (χ4v) is 2.53. The van der Waals surface area contributed by atoms with Crippen LogP contribution in [0, 0.1) is 13.8 Å². The lowest BCUT2D eigenvalue weighted by molar-refractivity contribution is 0.912. The largest absolute Gasteiger partial charge is 0.356 e. The van der Waals surface area contributed by atoms with E-state index in [1.165, 1.54) is 24.0 Å². The van der Waals surface area contributed by atoms with Crippen molar-refractivity contribution in [2.24, 2.45) is 0 Å². The Labute approximate surface area is 96.3 Å². The van der Waals surface area contributed by atoms with Crippen molar-refractivity contribution in [1.82, 2.24) is 4.98 Å². The highest BCUT2D eigenvalue weighted by Gasteiger charge is 2.18. The predicted octanol–water partition coefficient (Wildman–Crippen LogP) is 3.04. The minimum Gasteiger partial charge on any atom is -0.356 e. The number of nitrogens with zero attached hydrogens (tertiary/aromatic N) is 2. The molecule has 1 fully saturated rings. The summed E-state index contributed by atoms with van der Waals surface area (Å²) in [5, 5.41) is 0. The molecule has 1 aromatic rings. The molecule has 1 aliphatic rings. The molecule has 1 saturated heterocycles. The van der Waals surface area contributed by atoms with Gasteiger partial charge in [0.2, 0.25) is 0 Å². The van der Waals surface area contributed by atoms with Crippen LogP contribution in [-0.4, -0.2) is 18.1 Å². The van der Waals surface area contributed by atoms with Crippen molar-refractivity contribution < 1.29 is 0 Å². The maximum absolute atomic E-state index is 6.00. The Kier molecular flexibility index (Phi) is 3.15. The van der Waals surface area contributed by atoms with E-state index in [9.17, 15) is 0 Å². The van der Waals surface area contributed by atoms with Gasteiger partial charge in [0.05, 0.1) is 5.88 Å². The second-order valence-electron chi connectivity index (χ2n) is 4.21. The summed E-state index contributed by atoms with van der Waals surface area (Å²) in [7, 11) is 0. The summed E-state index contributed by atoms with van der Waals surface area (Å²) in [5.41, 5.74) is 3.55. The van der Waals surface area contributed by atoms with Crippen LogP contribution < -0.4 is 4.90 Å². The molecule has 0 unspecified atom stereocenters. The van der Waals surface area contributed by atoms with Gasteiger partial charge in [-0.05, 0) is 38.3 Å². The smallest absolute Gasteiger partial charge is 0.133 e. The molecular weight excluding hydrogens is 208 g/mol. The second kappa shape index (κ2) is 4.40. The number of halogens is 1. The van der Waals surface area contributed by atoms with E-state index in [2.05, 4.69) is 22.9 Å². The molecule has 0 N–H and O–H groups in total. The molecule has 0 amide bonds. The molecular formula is C12H17ClN2. The first kappa shape index (κ1) is 10.7. The van der Waals surface area contributed by atoms with Crippen LogP contribution in [0.15, 0.2) is 6.07 Å². The van der Waals surface area contributed by atoms with Crippen molar-refractivity contribution in [3.05, 3.63) is 22.9 Å². The topological polar surface area (TPSA) is 16.1 Å². The highest BCUT2D eigenvalue weighted by atomic mass is 35.5. The van der Waals surface area contributed by atoms with E-state index in [0.717, 1.165) is 24.6 Å². The summed E-state index contributed by atoms with van der Waals surface area (Å²) in [4.78, 5) is 6.99. The van der Waals surface area contributed by atoms with Gasteiger partial charge in [-0.3, -0.25) is 0 Å². The molecule has 1 aliphatic heterocycles. The van der Waals surface area contributed by atoms with Gasteiger partial charge in [0.15, 0.2) is 0 Å². The van der Waals surface area contributed by atoms with Crippen LogP contribution in [0.5, 0.6) is 0 Å². The van der Waals surface area contributed by atoms with E-state index in [0.29, 0.717) is 5.88 Å². The summed E-state index contributed by atoms with van der Waals surface area (Å²) < 4.78 is 0. The van der Waals surface area contributed by atoms with Gasteiger partial charge >= 0.3 is 0 Å². The molecule has 0 spiro atoms. The minimum atomic E-state index is 0.560. The van der Waals surface area contributed by atoms with Crippen LogP contribution in [-0.2, 0) is 5.88 Å². The maximum atomic E-state index is 6.00. The van der Waals surface area contributed by atoms with Crippen molar-refractivity contribution in [1.29, 1.82) is 0 Å². The lowest BCUT2D eigenvalue weighted by Crippen LogP contribution is -2.21. The van der Waals surface area contributed by atoms with Crippen LogP contribution in [0.4, 0.5) is 5.82 Å². The molecule has 0 saturated carbocycles. The average molecular weight is 225 g/mol. The van der Waals surface area contributed by atoms with Crippen molar-refractivity contribution in [3.8, 4) is 0 Å². The van der Waals surface area contributed by atoms with Crippen LogP contribution >= 0.6 is 11.6 Å². The highest BCUT2D eigenvalue weighted by molar-refractivity contribution is 6.17. The Hall–Kier alpha value is -0.760. The molecule has 82 valence electrons. The lowest BCUT2D eigenvalue weighted by atomic mass is 10.1. The first-order valence-electron chi connectivity index (χ1n) is 5.50. The summed E-state index contributed by atoms with van der Waals surface area (Å²) in [6, 6.07) is 2.11. The Bertz CT molecular complexity index is 357. The molecule has 0 bridgehead atoms. The molecule has 15 heavy (non-hydrogen) atoms. The number of rotatable bonds is 2. The van der Waals surface area contributed by atoms with Gasteiger partial charge in [-0.15, -0.1) is 11.6 Å². The van der Waals surface area contributed by atoms with Crippen LogP contribution in [0.3, 0.4) is 0 Å². The van der Waals surface area contributed by atoms with Crippen LogP contribution in [0.1, 0.15) is 29.7 Å². The van der Waals surface area contributed by atoms with Crippen LogP contribution in [0.25, 0.3) is 0 Å². The van der Waals surface area contributed by atoms with Gasteiger partial charge in [0.1, 0.15) is 5.82 Å². The molecule has 2 heterocycles. The van der Waals surface area contributed by atoms with Crippen molar-refractivity contribution in [2.45, 2.75) is 32.6 Å². The van der Waals surface area contributed by atoms with Gasteiger partial charge in [-0.25, -0.2) is 4.98 Å². The van der Waals surface area contributed by atoms with E-state index in [4.69, 9.17) is 11.6 Å². The summed E-state index contributed by atoms with van der Waals surface area (Å²) in [5.74, 6) is 1.67. The second-order valence-corrected chi connectivity index (χ2v) is 4.48. The van der Waals surface area contributed by atoms with Crippen LogP contribution in [0.2, 0.25) is 0 Å². The zero-order chi connectivity index (χ0) is 10.8. The molecule has 2 rings (SSSR count). The molecule has 0 aliphatic carbocycles. The minimum absolute atomic E-state index is 0.560. The third kappa shape index (κ3) is 2.10. The van der Waals surface area contributed by atoms with Gasteiger partial charge in [0, 0.05) is 24.3 Å². The number of aryl methyl sites for hydroxylation is 2. The molecule has 3 heteroatoms. The Balaban J connectivity index is 2.42. The quantitative estimate of drug-likeness (QED) is 0.718. The van der Waals surface area contributed by atoms with Gasteiger partial charge in [-0.2, -0.15) is 0 Å². The highest BCUT2D eigenvalue weighted by Crippen LogP contribution is 2.26. The molecule has 2 nitrogen and oxygen atoms in total. The van der Waals surface area contributed by atoms with Gasteiger partial charge < -0.3 is 4.90 Å².